The molecular formula is C6H13BN2O. The van der Waals surface area contributed by atoms with Crippen molar-refractivity contribution >= 4 is 13.0 Å². The lowest BCUT2D eigenvalue weighted by Crippen LogP contribution is -2.36. The highest BCUT2D eigenvalue weighted by atomic mass is 16.4. The fourth-order valence-electron chi connectivity index (χ4n) is 1.05. The van der Waals surface area contributed by atoms with Crippen molar-refractivity contribution in [2.24, 2.45) is 16.8 Å². The normalized spacial score (nSPS) is 22.4. The van der Waals surface area contributed by atoms with Crippen LogP contribution < -0.4 is 5.73 Å². The number of hydrogen-bond donors (Lipinski definition) is 2. The van der Waals surface area contributed by atoms with Crippen molar-refractivity contribution in [3.63, 3.8) is 0 Å². The van der Waals surface area contributed by atoms with Gasteiger partial charge >= 0.3 is 0 Å². The lowest BCUT2D eigenvalue weighted by Gasteiger charge is -2.07. The molecule has 0 aromatic heterocycles. The van der Waals surface area contributed by atoms with Gasteiger partial charge < -0.3 is 10.9 Å². The predicted octanol–water partition coefficient (Wildman–Crippen LogP) is -0.00400. The Kier molecular flexibility index (Phi) is 2.32. The lowest BCUT2D eigenvalue weighted by molar-refractivity contribution is 0.316. The van der Waals surface area contributed by atoms with Gasteiger partial charge in [-0.3, -0.25) is 0 Å². The summed E-state index contributed by atoms with van der Waals surface area (Å²) in [6.45, 7) is 2.00. The number of oxime groups is 1. The molecule has 1 atom stereocenters. The van der Waals surface area contributed by atoms with E-state index in [-0.39, 0.29) is 5.94 Å². The Morgan fingerprint density at radius 3 is 2.70 bits per heavy atom. The number of nitrogens with zero attached hydrogens (tertiary/aromatic N) is 1. The first-order chi connectivity index (χ1) is 4.79. The molecule has 56 valence electrons. The molecule has 4 heteroatoms. The van der Waals surface area contributed by atoms with Crippen LogP contribution in [0.2, 0.25) is 6.82 Å². The van der Waals surface area contributed by atoms with Gasteiger partial charge in [0.25, 0.3) is 0 Å². The van der Waals surface area contributed by atoms with Gasteiger partial charge in [0.15, 0.2) is 0 Å². The summed E-state index contributed by atoms with van der Waals surface area (Å²) in [5, 5.41) is 11.8. The standard InChI is InChI=1S/C6H13BN2O/c1-7-6(8)5(9-10)4-2-3-4/h4,6-7,10H,2-3,8H2,1H3/b9-5+. The van der Waals surface area contributed by atoms with Crippen LogP contribution in [0.1, 0.15) is 12.8 Å². The molecule has 1 unspecified atom stereocenters. The van der Waals surface area contributed by atoms with Crippen LogP contribution in [0.15, 0.2) is 5.16 Å². The van der Waals surface area contributed by atoms with Gasteiger partial charge in [-0.2, -0.15) is 0 Å². The zero-order chi connectivity index (χ0) is 7.56. The first-order valence-electron chi connectivity index (χ1n) is 3.77. The van der Waals surface area contributed by atoms with Crippen molar-refractivity contribution < 1.29 is 5.21 Å². The monoisotopic (exact) mass is 140 g/mol. The SMILES string of the molecule is CBC(N)/C(=N/O)C1CC1. The zero-order valence-electron chi connectivity index (χ0n) is 6.25. The lowest BCUT2D eigenvalue weighted by atomic mass is 9.70. The molecule has 0 amide bonds. The minimum Gasteiger partial charge on any atom is -0.411 e. The highest BCUT2D eigenvalue weighted by molar-refractivity contribution is 6.43. The molecule has 0 heterocycles. The maximum Gasteiger partial charge on any atom is 0.146 e. The summed E-state index contributed by atoms with van der Waals surface area (Å²) < 4.78 is 0. The minimum absolute atomic E-state index is 0.0301. The van der Waals surface area contributed by atoms with E-state index in [0.29, 0.717) is 5.92 Å². The van der Waals surface area contributed by atoms with Crippen LogP contribution in [0, 0.1) is 5.92 Å². The smallest absolute Gasteiger partial charge is 0.146 e. The van der Waals surface area contributed by atoms with Gasteiger partial charge in [-0.1, -0.05) is 12.0 Å². The topological polar surface area (TPSA) is 58.6 Å². The first-order valence-corrected chi connectivity index (χ1v) is 3.77. The molecule has 0 bridgehead atoms. The number of rotatable bonds is 3. The summed E-state index contributed by atoms with van der Waals surface area (Å²) in [6, 6.07) is 0. The van der Waals surface area contributed by atoms with Gasteiger partial charge in [0.1, 0.15) is 7.28 Å². The molecule has 3 N–H and O–H groups in total. The van der Waals surface area contributed by atoms with E-state index in [4.69, 9.17) is 10.9 Å². The van der Waals surface area contributed by atoms with Crippen LogP contribution in [0.5, 0.6) is 0 Å². The maximum absolute atomic E-state index is 8.55. The number of nitrogens with two attached hydrogens (primary N) is 1. The van der Waals surface area contributed by atoms with Crippen LogP contribution in [0.4, 0.5) is 0 Å². The van der Waals surface area contributed by atoms with Crippen molar-refractivity contribution in [2.75, 3.05) is 0 Å². The van der Waals surface area contributed by atoms with Crippen molar-refractivity contribution in [1.82, 2.24) is 0 Å². The Hall–Kier alpha value is -0.505. The second-order valence-corrected chi connectivity index (χ2v) is 2.81. The number of hydrogen-bond acceptors (Lipinski definition) is 3. The van der Waals surface area contributed by atoms with Gasteiger partial charge in [0, 0.05) is 11.9 Å². The summed E-state index contributed by atoms with van der Waals surface area (Å²) >= 11 is 0. The van der Waals surface area contributed by atoms with Crippen molar-refractivity contribution in [3.05, 3.63) is 0 Å². The van der Waals surface area contributed by atoms with Gasteiger partial charge in [-0.15, -0.1) is 0 Å². The molecule has 0 aromatic rings. The average molecular weight is 140 g/mol. The molecule has 3 nitrogen and oxygen atoms in total. The highest BCUT2D eigenvalue weighted by Crippen LogP contribution is 2.31. The average Bonchev–Trinajstić information content (AvgIpc) is 2.73. The van der Waals surface area contributed by atoms with Gasteiger partial charge in [-0.05, 0) is 12.8 Å². The Balaban J connectivity index is 2.47. The van der Waals surface area contributed by atoms with Gasteiger partial charge in [0.05, 0.1) is 5.71 Å². The second kappa shape index (κ2) is 3.06. The predicted molar refractivity (Wildman–Crippen MR) is 42.9 cm³/mol. The molecule has 0 saturated heterocycles. The van der Waals surface area contributed by atoms with E-state index < -0.39 is 0 Å². The van der Waals surface area contributed by atoms with E-state index in [9.17, 15) is 0 Å². The van der Waals surface area contributed by atoms with Gasteiger partial charge in [-0.25, -0.2) is 0 Å². The molecular weight excluding hydrogens is 127 g/mol. The third-order valence-electron chi connectivity index (χ3n) is 1.93. The summed E-state index contributed by atoms with van der Waals surface area (Å²) in [5.74, 6) is 0.456. The quantitative estimate of drug-likeness (QED) is 0.251. The molecule has 1 saturated carbocycles. The van der Waals surface area contributed by atoms with E-state index in [1.807, 2.05) is 6.82 Å². The van der Waals surface area contributed by atoms with E-state index in [0.717, 1.165) is 25.8 Å². The molecule has 0 spiro atoms. The zero-order valence-corrected chi connectivity index (χ0v) is 6.25. The molecule has 1 aliphatic carbocycles. The third-order valence-corrected chi connectivity index (χ3v) is 1.93. The molecule has 1 aliphatic rings. The molecule has 1 fully saturated rings. The van der Waals surface area contributed by atoms with E-state index in [1.54, 1.807) is 0 Å². The van der Waals surface area contributed by atoms with Crippen molar-refractivity contribution in [2.45, 2.75) is 25.6 Å². The Bertz CT molecular complexity index is 145. The van der Waals surface area contributed by atoms with Crippen LogP contribution in [-0.2, 0) is 0 Å². The van der Waals surface area contributed by atoms with Gasteiger partial charge in [0.2, 0.25) is 0 Å². The van der Waals surface area contributed by atoms with Crippen molar-refractivity contribution in [3.8, 4) is 0 Å². The highest BCUT2D eigenvalue weighted by Gasteiger charge is 2.30. The molecule has 0 aliphatic heterocycles. The molecule has 1 rings (SSSR count). The molecule has 10 heavy (non-hydrogen) atoms. The Labute approximate surface area is 61.5 Å². The van der Waals surface area contributed by atoms with Crippen molar-refractivity contribution in [1.29, 1.82) is 0 Å². The maximum atomic E-state index is 8.55. The minimum atomic E-state index is -0.0301. The van der Waals surface area contributed by atoms with Crippen LogP contribution in [0.25, 0.3) is 0 Å². The summed E-state index contributed by atoms with van der Waals surface area (Å²) in [4.78, 5) is 0. The van der Waals surface area contributed by atoms with E-state index in [1.165, 1.54) is 0 Å². The first kappa shape index (κ1) is 7.60. The molecule has 0 aromatic carbocycles. The fraction of sp³-hybridized carbons (Fsp3) is 0.833. The van der Waals surface area contributed by atoms with E-state index in [2.05, 4.69) is 5.16 Å². The largest absolute Gasteiger partial charge is 0.411 e. The second-order valence-electron chi connectivity index (χ2n) is 2.81. The Morgan fingerprint density at radius 1 is 1.80 bits per heavy atom. The molecule has 0 radical (unpaired) electrons. The van der Waals surface area contributed by atoms with E-state index >= 15 is 0 Å². The Morgan fingerprint density at radius 2 is 2.40 bits per heavy atom. The van der Waals surface area contributed by atoms with Crippen LogP contribution >= 0.6 is 0 Å². The third kappa shape index (κ3) is 1.50. The van der Waals surface area contributed by atoms with Crippen LogP contribution in [0.3, 0.4) is 0 Å². The fourth-order valence-corrected chi connectivity index (χ4v) is 1.05. The summed E-state index contributed by atoms with van der Waals surface area (Å²) in [7, 11) is 0.857. The van der Waals surface area contributed by atoms with Crippen LogP contribution in [-0.4, -0.2) is 24.1 Å². The summed E-state index contributed by atoms with van der Waals surface area (Å²) in [5.41, 5.74) is 6.47. The summed E-state index contributed by atoms with van der Waals surface area (Å²) in [6.07, 6.45) is 2.29.